The Morgan fingerprint density at radius 3 is 2.36 bits per heavy atom. The quantitative estimate of drug-likeness (QED) is 0.548. The van der Waals surface area contributed by atoms with E-state index in [4.69, 9.17) is 9.88 Å². The van der Waals surface area contributed by atoms with Gasteiger partial charge in [0.15, 0.2) is 0 Å². The van der Waals surface area contributed by atoms with Gasteiger partial charge in [0, 0.05) is 25.7 Å². The van der Waals surface area contributed by atoms with Crippen molar-refractivity contribution in [3.8, 4) is 5.75 Å². The summed E-state index contributed by atoms with van der Waals surface area (Å²) >= 11 is 0. The van der Waals surface area contributed by atoms with E-state index in [0.29, 0.717) is 12.6 Å². The molecule has 36 heavy (non-hydrogen) atoms. The fourth-order valence-electron chi connectivity index (χ4n) is 6.60. The first-order chi connectivity index (χ1) is 17.0. The van der Waals surface area contributed by atoms with Crippen molar-refractivity contribution in [3.05, 3.63) is 29.3 Å². The second kappa shape index (κ2) is 11.0. The lowest BCUT2D eigenvalue weighted by molar-refractivity contribution is -0.142. The van der Waals surface area contributed by atoms with E-state index in [1.165, 1.54) is 25.7 Å². The van der Waals surface area contributed by atoms with Gasteiger partial charge in [0.2, 0.25) is 5.91 Å². The summed E-state index contributed by atoms with van der Waals surface area (Å²) in [6.45, 7) is 11.3. The zero-order valence-corrected chi connectivity index (χ0v) is 23.1. The number of ether oxygens (including phenoxy) is 1. The number of fused-ring (bicyclic) bond motifs is 2. The molecule has 0 unspecified atom stereocenters. The number of hydrogen-bond donors (Lipinski definition) is 2. The van der Waals surface area contributed by atoms with Gasteiger partial charge in [-0.05, 0) is 101 Å². The van der Waals surface area contributed by atoms with Crippen LogP contribution >= 0.6 is 0 Å². The number of carbonyl (C=O) groups excluding carboxylic acids is 1. The van der Waals surface area contributed by atoms with E-state index in [1.54, 1.807) is 4.90 Å². The molecule has 1 saturated heterocycles. The molecule has 1 spiro atoms. The highest BCUT2D eigenvalue weighted by atomic mass is 32.2. The molecule has 9 heteroatoms. The Balaban J connectivity index is 1.53. The molecule has 2 heterocycles. The summed E-state index contributed by atoms with van der Waals surface area (Å²) in [7, 11) is -3.80. The van der Waals surface area contributed by atoms with E-state index in [1.807, 2.05) is 19.9 Å². The Hall–Kier alpha value is -1.68. The number of benzene rings is 1. The molecule has 8 nitrogen and oxygen atoms in total. The lowest BCUT2D eigenvalue weighted by atomic mass is 9.67. The van der Waals surface area contributed by atoms with E-state index in [0.717, 1.165) is 54.6 Å². The van der Waals surface area contributed by atoms with Crippen LogP contribution in [-0.2, 0) is 27.0 Å². The summed E-state index contributed by atoms with van der Waals surface area (Å²) < 4.78 is 31.0. The van der Waals surface area contributed by atoms with E-state index < -0.39 is 15.6 Å². The number of amides is 1. The van der Waals surface area contributed by atoms with Gasteiger partial charge in [0.05, 0.1) is 11.5 Å². The van der Waals surface area contributed by atoms with Crippen molar-refractivity contribution in [2.24, 2.45) is 17.0 Å². The molecule has 1 amide bonds. The summed E-state index contributed by atoms with van der Waals surface area (Å²) in [6.07, 6.45) is 6.73. The highest BCUT2D eigenvalue weighted by Gasteiger charge is 2.49. The molecule has 3 N–H and O–H groups in total. The van der Waals surface area contributed by atoms with Crippen molar-refractivity contribution in [1.82, 2.24) is 14.5 Å². The van der Waals surface area contributed by atoms with Crippen LogP contribution in [0.25, 0.3) is 0 Å². The highest BCUT2D eigenvalue weighted by Crippen LogP contribution is 2.45. The lowest BCUT2D eigenvalue weighted by Gasteiger charge is -2.49. The zero-order chi connectivity index (χ0) is 26.1. The van der Waals surface area contributed by atoms with Crippen molar-refractivity contribution >= 4 is 16.1 Å². The number of hydrogen-bond acceptors (Lipinski definition) is 5. The lowest BCUT2D eigenvalue weighted by Crippen LogP contribution is -2.58. The predicted molar refractivity (Wildman–Crippen MR) is 142 cm³/mol. The van der Waals surface area contributed by atoms with E-state index in [2.05, 4.69) is 35.6 Å². The summed E-state index contributed by atoms with van der Waals surface area (Å²) in [5.41, 5.74) is 1.63. The minimum atomic E-state index is -3.80. The Bertz CT molecular complexity index is 1030. The van der Waals surface area contributed by atoms with Gasteiger partial charge in [-0.1, -0.05) is 19.9 Å². The van der Waals surface area contributed by atoms with Crippen LogP contribution in [0.1, 0.15) is 77.3 Å². The molecule has 1 aromatic carbocycles. The van der Waals surface area contributed by atoms with Gasteiger partial charge in [0.1, 0.15) is 5.75 Å². The van der Waals surface area contributed by atoms with E-state index in [9.17, 15) is 13.2 Å². The zero-order valence-electron chi connectivity index (χ0n) is 22.3. The van der Waals surface area contributed by atoms with Crippen molar-refractivity contribution in [2.75, 3.05) is 26.2 Å². The molecule has 0 aromatic heterocycles. The number of carbonyl (C=O) groups is 1. The van der Waals surface area contributed by atoms with Crippen molar-refractivity contribution in [2.45, 2.75) is 90.3 Å². The molecule has 3 aliphatic rings. The summed E-state index contributed by atoms with van der Waals surface area (Å²) in [5.74, 6) is 2.50. The summed E-state index contributed by atoms with van der Waals surface area (Å²) in [4.78, 5) is 18.4. The van der Waals surface area contributed by atoms with Crippen LogP contribution in [0.15, 0.2) is 18.2 Å². The number of likely N-dealkylation sites (tertiary alicyclic amines) is 1. The molecular weight excluding hydrogens is 476 g/mol. The van der Waals surface area contributed by atoms with Crippen LogP contribution < -0.4 is 14.6 Å². The topological polar surface area (TPSA) is 105 Å². The van der Waals surface area contributed by atoms with Crippen LogP contribution in [0.2, 0.25) is 0 Å². The van der Waals surface area contributed by atoms with Crippen LogP contribution in [0.3, 0.4) is 0 Å². The fraction of sp³-hybridized carbons (Fsp3) is 0.741. The molecular formula is C27H44N4O4S. The maximum absolute atomic E-state index is 14.0. The monoisotopic (exact) mass is 520 g/mol. The van der Waals surface area contributed by atoms with Gasteiger partial charge in [-0.25, -0.2) is 9.86 Å². The van der Waals surface area contributed by atoms with Crippen molar-refractivity contribution < 1.29 is 17.9 Å². The van der Waals surface area contributed by atoms with Gasteiger partial charge in [-0.3, -0.25) is 4.79 Å². The van der Waals surface area contributed by atoms with Crippen molar-refractivity contribution in [1.29, 1.82) is 0 Å². The molecule has 0 atom stereocenters. The Morgan fingerprint density at radius 2 is 1.78 bits per heavy atom. The van der Waals surface area contributed by atoms with Gasteiger partial charge in [-0.15, -0.1) is 0 Å². The molecule has 4 rings (SSSR count). The van der Waals surface area contributed by atoms with Crippen LogP contribution in [0, 0.1) is 11.8 Å². The molecule has 1 aliphatic carbocycles. The number of piperidine rings is 1. The SMILES string of the molecule is CC(C)Oc1ccc2c(c1)CN(CCNS(N)(=O)=O)C(=O)C21CCN(C2CCC(C(C)C)CC2)CC1. The average Bonchev–Trinajstić information content (AvgIpc) is 2.81. The summed E-state index contributed by atoms with van der Waals surface area (Å²) in [5, 5.41) is 5.11. The minimum Gasteiger partial charge on any atom is -0.491 e. The molecule has 2 fully saturated rings. The first-order valence-electron chi connectivity index (χ1n) is 13.6. The van der Waals surface area contributed by atoms with E-state index in [-0.39, 0.29) is 25.1 Å². The van der Waals surface area contributed by atoms with Crippen LogP contribution in [-0.4, -0.2) is 62.4 Å². The Labute approximate surface area is 217 Å². The average molecular weight is 521 g/mol. The van der Waals surface area contributed by atoms with Gasteiger partial charge < -0.3 is 14.5 Å². The van der Waals surface area contributed by atoms with Crippen LogP contribution in [0.4, 0.5) is 0 Å². The highest BCUT2D eigenvalue weighted by molar-refractivity contribution is 7.87. The second-order valence-electron chi connectivity index (χ2n) is 11.6. The maximum atomic E-state index is 14.0. The third-order valence-electron chi connectivity index (χ3n) is 8.56. The maximum Gasteiger partial charge on any atom is 0.274 e. The molecule has 0 bridgehead atoms. The Kier molecular flexibility index (Phi) is 8.34. The van der Waals surface area contributed by atoms with Crippen molar-refractivity contribution in [3.63, 3.8) is 0 Å². The van der Waals surface area contributed by atoms with Crippen LogP contribution in [0.5, 0.6) is 5.75 Å². The fourth-order valence-corrected chi connectivity index (χ4v) is 6.98. The summed E-state index contributed by atoms with van der Waals surface area (Å²) in [6, 6.07) is 6.76. The molecule has 1 saturated carbocycles. The second-order valence-corrected chi connectivity index (χ2v) is 13.0. The standard InChI is InChI=1S/C27H44N4O4S/c1-19(2)21-5-7-23(8-6-21)30-14-11-27(12-15-30)25-10-9-24(35-20(3)4)17-22(25)18-31(26(27)32)16-13-29-36(28,33)34/h9-10,17,19-21,23,29H,5-8,11-16,18H2,1-4H3,(H2,28,33,34). The van der Waals surface area contributed by atoms with Gasteiger partial charge in [-0.2, -0.15) is 8.42 Å². The number of nitrogens with zero attached hydrogens (tertiary/aromatic N) is 2. The molecule has 1 aromatic rings. The number of rotatable bonds is 8. The first kappa shape index (κ1) is 27.4. The third kappa shape index (κ3) is 6.06. The normalized spacial score (nSPS) is 25.0. The smallest absolute Gasteiger partial charge is 0.274 e. The van der Waals surface area contributed by atoms with Gasteiger partial charge >= 0.3 is 0 Å². The minimum absolute atomic E-state index is 0.0614. The Morgan fingerprint density at radius 1 is 1.11 bits per heavy atom. The third-order valence-corrected chi connectivity index (χ3v) is 9.17. The predicted octanol–water partition coefficient (Wildman–Crippen LogP) is 3.16. The molecule has 0 radical (unpaired) electrons. The largest absolute Gasteiger partial charge is 0.491 e. The molecule has 202 valence electrons. The first-order valence-corrected chi connectivity index (χ1v) is 15.1. The number of nitrogens with two attached hydrogens (primary N) is 1. The van der Waals surface area contributed by atoms with Gasteiger partial charge in [0.25, 0.3) is 10.2 Å². The van der Waals surface area contributed by atoms with E-state index >= 15 is 0 Å². The molecule has 2 aliphatic heterocycles. The number of nitrogens with one attached hydrogen (secondary N) is 1.